The minimum atomic E-state index is -0.884. The number of amides is 1. The number of carbonyl (C=O) groups is 2. The molecule has 2 aromatic rings. The van der Waals surface area contributed by atoms with Gasteiger partial charge in [-0.25, -0.2) is 4.39 Å². The van der Waals surface area contributed by atoms with E-state index >= 15 is 0 Å². The molecule has 0 bridgehead atoms. The number of halogens is 1. The van der Waals surface area contributed by atoms with Crippen molar-refractivity contribution in [2.75, 3.05) is 13.1 Å². The zero-order valence-electron chi connectivity index (χ0n) is 13.5. The van der Waals surface area contributed by atoms with E-state index < -0.39 is 11.9 Å². The topological polar surface area (TPSA) is 80.0 Å². The maximum absolute atomic E-state index is 12.8. The van der Waals surface area contributed by atoms with Crippen LogP contribution in [-0.2, 0) is 11.4 Å². The fourth-order valence-corrected chi connectivity index (χ4v) is 2.77. The summed E-state index contributed by atoms with van der Waals surface area (Å²) >= 11 is 0. The van der Waals surface area contributed by atoms with Crippen LogP contribution < -0.4 is 4.74 Å². The number of hydrogen-bond donors (Lipinski definition) is 1. The molecule has 0 radical (unpaired) electrons. The molecule has 1 aromatic heterocycles. The number of carboxylic acid groups (broad SMARTS) is 1. The van der Waals surface area contributed by atoms with Gasteiger partial charge in [0.05, 0.1) is 5.92 Å². The molecule has 1 aliphatic rings. The van der Waals surface area contributed by atoms with Gasteiger partial charge in [0.2, 0.25) is 0 Å². The SMILES string of the molecule is O=C(O)C1CCCN(C(=O)c2ccc(COc3ccc(F)cc3)o2)C1. The van der Waals surface area contributed by atoms with Crippen molar-refractivity contribution >= 4 is 11.9 Å². The van der Waals surface area contributed by atoms with Crippen LogP contribution in [0.4, 0.5) is 4.39 Å². The summed E-state index contributed by atoms with van der Waals surface area (Å²) in [5, 5.41) is 9.11. The summed E-state index contributed by atoms with van der Waals surface area (Å²) in [5.41, 5.74) is 0. The van der Waals surface area contributed by atoms with Crippen LogP contribution in [0.1, 0.15) is 29.2 Å². The number of carboxylic acids is 1. The Kier molecular flexibility index (Phi) is 5.02. The van der Waals surface area contributed by atoms with E-state index in [2.05, 4.69) is 0 Å². The van der Waals surface area contributed by atoms with E-state index in [1.54, 1.807) is 12.1 Å². The first kappa shape index (κ1) is 17.0. The van der Waals surface area contributed by atoms with Gasteiger partial charge in [-0.15, -0.1) is 0 Å². The van der Waals surface area contributed by atoms with Gasteiger partial charge in [-0.3, -0.25) is 9.59 Å². The van der Waals surface area contributed by atoms with Gasteiger partial charge in [-0.1, -0.05) is 0 Å². The molecule has 1 unspecified atom stereocenters. The molecule has 1 atom stereocenters. The summed E-state index contributed by atoms with van der Waals surface area (Å²) < 4.78 is 23.8. The molecule has 1 saturated heterocycles. The standard InChI is InChI=1S/C18H18FNO5/c19-13-3-5-14(6-4-13)24-11-15-7-8-16(25-15)17(21)20-9-1-2-12(10-20)18(22)23/h3-8,12H,1-2,9-11H2,(H,22,23). The Morgan fingerprint density at radius 2 is 2.00 bits per heavy atom. The number of nitrogens with zero attached hydrogens (tertiary/aromatic N) is 1. The van der Waals surface area contributed by atoms with E-state index in [0.29, 0.717) is 30.9 Å². The van der Waals surface area contributed by atoms with Gasteiger partial charge in [0, 0.05) is 13.1 Å². The molecule has 7 heteroatoms. The second-order valence-electron chi connectivity index (χ2n) is 5.94. The Morgan fingerprint density at radius 1 is 1.24 bits per heavy atom. The highest BCUT2D eigenvalue weighted by atomic mass is 19.1. The van der Waals surface area contributed by atoms with Crippen LogP contribution in [0, 0.1) is 11.7 Å². The smallest absolute Gasteiger partial charge is 0.308 e. The van der Waals surface area contributed by atoms with Gasteiger partial charge in [0.25, 0.3) is 5.91 Å². The number of piperidine rings is 1. The van der Waals surface area contributed by atoms with Crippen LogP contribution in [0.5, 0.6) is 5.75 Å². The zero-order valence-corrected chi connectivity index (χ0v) is 13.5. The molecule has 1 N–H and O–H groups in total. The lowest BCUT2D eigenvalue weighted by molar-refractivity contribution is -0.143. The summed E-state index contributed by atoms with van der Waals surface area (Å²) in [6, 6.07) is 8.78. The summed E-state index contributed by atoms with van der Waals surface area (Å²) in [4.78, 5) is 25.1. The fraction of sp³-hybridized carbons (Fsp3) is 0.333. The van der Waals surface area contributed by atoms with Gasteiger partial charge in [0.1, 0.15) is 23.9 Å². The Bertz CT molecular complexity index is 755. The molecular weight excluding hydrogens is 329 g/mol. The zero-order chi connectivity index (χ0) is 17.8. The second-order valence-corrected chi connectivity index (χ2v) is 5.94. The van der Waals surface area contributed by atoms with E-state index in [1.165, 1.54) is 29.2 Å². The normalized spacial score (nSPS) is 17.3. The highest BCUT2D eigenvalue weighted by molar-refractivity contribution is 5.92. The van der Waals surface area contributed by atoms with Crippen molar-refractivity contribution in [2.24, 2.45) is 5.92 Å². The maximum Gasteiger partial charge on any atom is 0.308 e. The monoisotopic (exact) mass is 347 g/mol. The van der Waals surface area contributed by atoms with Crippen molar-refractivity contribution in [2.45, 2.75) is 19.4 Å². The maximum atomic E-state index is 12.8. The number of benzene rings is 1. The molecule has 3 rings (SSSR count). The Hall–Kier alpha value is -2.83. The van der Waals surface area contributed by atoms with Crippen molar-refractivity contribution in [3.63, 3.8) is 0 Å². The predicted molar refractivity (Wildman–Crippen MR) is 85.7 cm³/mol. The number of aliphatic carboxylic acids is 1. The molecular formula is C18H18FNO5. The highest BCUT2D eigenvalue weighted by Crippen LogP contribution is 2.20. The van der Waals surface area contributed by atoms with Crippen LogP contribution in [0.3, 0.4) is 0 Å². The van der Waals surface area contributed by atoms with Gasteiger partial charge in [-0.2, -0.15) is 0 Å². The first-order valence-electron chi connectivity index (χ1n) is 8.02. The van der Waals surface area contributed by atoms with Crippen LogP contribution in [0.25, 0.3) is 0 Å². The molecule has 1 fully saturated rings. The minimum Gasteiger partial charge on any atom is -0.486 e. The number of carbonyl (C=O) groups excluding carboxylic acids is 1. The van der Waals surface area contributed by atoms with E-state index in [-0.39, 0.29) is 30.6 Å². The van der Waals surface area contributed by atoms with Crippen molar-refractivity contribution in [1.29, 1.82) is 0 Å². The minimum absolute atomic E-state index is 0.108. The number of likely N-dealkylation sites (tertiary alicyclic amines) is 1. The molecule has 132 valence electrons. The third kappa shape index (κ3) is 4.17. The molecule has 0 aliphatic carbocycles. The molecule has 2 heterocycles. The molecule has 1 aliphatic heterocycles. The van der Waals surface area contributed by atoms with Crippen LogP contribution >= 0.6 is 0 Å². The van der Waals surface area contributed by atoms with Gasteiger partial charge < -0.3 is 19.2 Å². The lowest BCUT2D eigenvalue weighted by atomic mass is 9.98. The summed E-state index contributed by atoms with van der Waals surface area (Å²) in [6.45, 7) is 0.817. The average Bonchev–Trinajstić information content (AvgIpc) is 3.09. The third-order valence-corrected chi connectivity index (χ3v) is 4.13. The van der Waals surface area contributed by atoms with Crippen molar-refractivity contribution in [3.8, 4) is 5.75 Å². The van der Waals surface area contributed by atoms with Crippen LogP contribution in [0.15, 0.2) is 40.8 Å². The molecule has 1 aromatic carbocycles. The summed E-state index contributed by atoms with van der Waals surface area (Å²) in [7, 11) is 0. The molecule has 25 heavy (non-hydrogen) atoms. The first-order valence-corrected chi connectivity index (χ1v) is 8.02. The van der Waals surface area contributed by atoms with Gasteiger partial charge in [0.15, 0.2) is 5.76 Å². The largest absolute Gasteiger partial charge is 0.486 e. The second kappa shape index (κ2) is 7.38. The first-order chi connectivity index (χ1) is 12.0. The summed E-state index contributed by atoms with van der Waals surface area (Å²) in [5.74, 6) is -0.980. The van der Waals surface area contributed by atoms with Gasteiger partial charge >= 0.3 is 5.97 Å². The number of hydrogen-bond acceptors (Lipinski definition) is 4. The molecule has 1 amide bonds. The quantitative estimate of drug-likeness (QED) is 0.899. The van der Waals surface area contributed by atoms with Crippen LogP contribution in [0.2, 0.25) is 0 Å². The van der Waals surface area contributed by atoms with Crippen molar-refractivity contribution in [1.82, 2.24) is 4.90 Å². The summed E-state index contributed by atoms with van der Waals surface area (Å²) in [6.07, 6.45) is 1.23. The highest BCUT2D eigenvalue weighted by Gasteiger charge is 2.29. The van der Waals surface area contributed by atoms with Gasteiger partial charge in [-0.05, 0) is 49.2 Å². The van der Waals surface area contributed by atoms with Crippen LogP contribution in [-0.4, -0.2) is 35.0 Å². The van der Waals surface area contributed by atoms with E-state index in [4.69, 9.17) is 14.3 Å². The molecule has 0 spiro atoms. The van der Waals surface area contributed by atoms with Crippen molar-refractivity contribution in [3.05, 3.63) is 53.7 Å². The Morgan fingerprint density at radius 3 is 2.72 bits per heavy atom. The number of furan rings is 1. The number of ether oxygens (including phenoxy) is 1. The fourth-order valence-electron chi connectivity index (χ4n) is 2.77. The predicted octanol–water partition coefficient (Wildman–Crippen LogP) is 2.93. The lowest BCUT2D eigenvalue weighted by Gasteiger charge is -2.29. The third-order valence-electron chi connectivity index (χ3n) is 4.13. The number of rotatable bonds is 5. The molecule has 6 nitrogen and oxygen atoms in total. The molecule has 0 saturated carbocycles. The van der Waals surface area contributed by atoms with E-state index in [9.17, 15) is 14.0 Å². The van der Waals surface area contributed by atoms with E-state index in [1.807, 2.05) is 0 Å². The average molecular weight is 347 g/mol. The Balaban J connectivity index is 1.59. The van der Waals surface area contributed by atoms with Crippen molar-refractivity contribution < 1.29 is 28.2 Å². The lowest BCUT2D eigenvalue weighted by Crippen LogP contribution is -2.42. The Labute approximate surface area is 143 Å². The van der Waals surface area contributed by atoms with E-state index in [0.717, 1.165) is 0 Å².